The van der Waals surface area contributed by atoms with Crippen molar-refractivity contribution >= 4 is 27.4 Å². The summed E-state index contributed by atoms with van der Waals surface area (Å²) in [5, 5.41) is -1.32. The van der Waals surface area contributed by atoms with Crippen LogP contribution in [0, 0.1) is 20.8 Å². The van der Waals surface area contributed by atoms with Crippen LogP contribution < -0.4 is 9.64 Å². The van der Waals surface area contributed by atoms with Crippen molar-refractivity contribution < 1.29 is 17.9 Å². The molecule has 0 radical (unpaired) electrons. The second-order valence-corrected chi connectivity index (χ2v) is 9.07. The first-order valence-electron chi connectivity index (χ1n) is 8.98. The summed E-state index contributed by atoms with van der Waals surface area (Å²) < 4.78 is 32.6. The Morgan fingerprint density at radius 2 is 1.75 bits per heavy atom. The third-order valence-electron chi connectivity index (χ3n) is 5.60. The minimum atomic E-state index is -3.94. The summed E-state index contributed by atoms with van der Waals surface area (Å²) in [7, 11) is -2.37. The lowest BCUT2D eigenvalue weighted by atomic mass is 10.1. The van der Waals surface area contributed by atoms with Crippen LogP contribution in [0.3, 0.4) is 0 Å². The van der Waals surface area contributed by atoms with Crippen molar-refractivity contribution in [2.24, 2.45) is 0 Å². The van der Waals surface area contributed by atoms with Gasteiger partial charge in [-0.2, -0.15) is 0 Å². The molecule has 0 fully saturated rings. The Balaban J connectivity index is 1.90. The Kier molecular flexibility index (Phi) is 4.19. The number of aryl methyl sites for hydroxylation is 1. The fourth-order valence-corrected chi connectivity index (χ4v) is 5.82. The molecule has 28 heavy (non-hydrogen) atoms. The molecule has 5 nitrogen and oxygen atoms in total. The minimum Gasteiger partial charge on any atom is -0.496 e. The van der Waals surface area contributed by atoms with Crippen molar-refractivity contribution in [3.63, 3.8) is 0 Å². The second kappa shape index (κ2) is 6.34. The molecule has 0 aromatic heterocycles. The number of allylic oxidation sites excluding steroid dienone is 1. The Bertz CT molecular complexity index is 1180. The largest absolute Gasteiger partial charge is 0.496 e. The van der Waals surface area contributed by atoms with E-state index in [1.807, 2.05) is 32.1 Å². The maximum absolute atomic E-state index is 13.6. The predicted octanol–water partition coefficient (Wildman–Crippen LogP) is 3.72. The van der Waals surface area contributed by atoms with E-state index in [1.54, 1.807) is 43.2 Å². The van der Waals surface area contributed by atoms with Crippen LogP contribution in [0.2, 0.25) is 0 Å². The van der Waals surface area contributed by atoms with E-state index in [9.17, 15) is 13.2 Å². The quantitative estimate of drug-likeness (QED) is 0.793. The van der Waals surface area contributed by atoms with E-state index in [4.69, 9.17) is 4.74 Å². The first kappa shape index (κ1) is 18.5. The number of ketones is 1. The van der Waals surface area contributed by atoms with Crippen molar-refractivity contribution in [3.05, 3.63) is 70.4 Å². The first-order chi connectivity index (χ1) is 13.3. The molecule has 2 heterocycles. The fourth-order valence-electron chi connectivity index (χ4n) is 3.85. The van der Waals surface area contributed by atoms with Crippen molar-refractivity contribution in [2.75, 3.05) is 12.0 Å². The Morgan fingerprint density at radius 3 is 2.46 bits per heavy atom. The SMILES string of the molecule is COc1cccc2c1C=CC1=CC(=O)C(S(=O)(=O)c3ccc(C)c(C)c3C)N12. The number of sulfone groups is 1. The van der Waals surface area contributed by atoms with E-state index in [1.165, 1.54) is 6.08 Å². The predicted molar refractivity (Wildman–Crippen MR) is 109 cm³/mol. The maximum atomic E-state index is 13.6. The van der Waals surface area contributed by atoms with Gasteiger partial charge in [0.2, 0.25) is 15.2 Å². The monoisotopic (exact) mass is 395 g/mol. The number of ether oxygens (including phenoxy) is 1. The molecular formula is C22H21NO4S. The molecule has 4 rings (SSSR count). The number of carbonyl (C=O) groups is 1. The topological polar surface area (TPSA) is 63.7 Å². The van der Waals surface area contributed by atoms with Crippen LogP contribution >= 0.6 is 0 Å². The van der Waals surface area contributed by atoms with Gasteiger partial charge in [0.05, 0.1) is 17.7 Å². The zero-order valence-electron chi connectivity index (χ0n) is 16.2. The van der Waals surface area contributed by atoms with E-state index in [-0.39, 0.29) is 4.90 Å². The van der Waals surface area contributed by atoms with Crippen molar-refractivity contribution in [3.8, 4) is 5.75 Å². The van der Waals surface area contributed by atoms with Gasteiger partial charge >= 0.3 is 0 Å². The van der Waals surface area contributed by atoms with Gasteiger partial charge in [0.15, 0.2) is 5.78 Å². The average Bonchev–Trinajstić information content (AvgIpc) is 3.02. The molecule has 1 atom stereocenters. The number of hydrogen-bond acceptors (Lipinski definition) is 5. The van der Waals surface area contributed by atoms with Crippen LogP contribution in [0.25, 0.3) is 6.08 Å². The number of nitrogens with zero attached hydrogens (tertiary/aromatic N) is 1. The van der Waals surface area contributed by atoms with Gasteiger partial charge in [-0.05, 0) is 67.8 Å². The van der Waals surface area contributed by atoms with E-state index >= 15 is 0 Å². The van der Waals surface area contributed by atoms with Crippen LogP contribution in [0.15, 0.2) is 53.1 Å². The maximum Gasteiger partial charge on any atom is 0.207 e. The molecular weight excluding hydrogens is 374 g/mol. The van der Waals surface area contributed by atoms with Gasteiger partial charge < -0.3 is 9.64 Å². The zero-order valence-corrected chi connectivity index (χ0v) is 17.0. The van der Waals surface area contributed by atoms with Gasteiger partial charge in [0.1, 0.15) is 5.75 Å². The van der Waals surface area contributed by atoms with Crippen molar-refractivity contribution in [1.82, 2.24) is 0 Å². The average molecular weight is 395 g/mol. The minimum absolute atomic E-state index is 0.197. The molecule has 6 heteroatoms. The lowest BCUT2D eigenvalue weighted by Gasteiger charge is -2.32. The summed E-state index contributed by atoms with van der Waals surface area (Å²) in [6.07, 6.45) is 5.00. The summed E-state index contributed by atoms with van der Waals surface area (Å²) in [6.45, 7) is 5.63. The number of anilines is 1. The number of benzene rings is 2. The fraction of sp³-hybridized carbons (Fsp3) is 0.227. The van der Waals surface area contributed by atoms with Crippen LogP contribution in [-0.4, -0.2) is 26.7 Å². The summed E-state index contributed by atoms with van der Waals surface area (Å²) in [6, 6.07) is 8.80. The lowest BCUT2D eigenvalue weighted by Crippen LogP contribution is -2.42. The highest BCUT2D eigenvalue weighted by atomic mass is 32.2. The van der Waals surface area contributed by atoms with Gasteiger partial charge in [0.25, 0.3) is 0 Å². The van der Waals surface area contributed by atoms with E-state index in [0.29, 0.717) is 22.7 Å². The molecule has 0 spiro atoms. The number of fused-ring (bicyclic) bond motifs is 3. The van der Waals surface area contributed by atoms with Gasteiger partial charge in [-0.25, -0.2) is 8.42 Å². The smallest absolute Gasteiger partial charge is 0.207 e. The number of methoxy groups -OCH3 is 1. The summed E-state index contributed by atoms with van der Waals surface area (Å²) >= 11 is 0. The Morgan fingerprint density at radius 1 is 1.00 bits per heavy atom. The molecule has 2 aliphatic heterocycles. The third kappa shape index (κ3) is 2.52. The molecule has 0 saturated heterocycles. The standard InChI is InChI=1S/C22H21NO4S/c1-13-8-11-21(15(3)14(13)2)28(25,26)22-19(24)12-16-9-10-17-18(23(16)22)6-5-7-20(17)27-4/h5-12,22H,1-4H3. The molecule has 0 aliphatic carbocycles. The van der Waals surface area contributed by atoms with Crippen molar-refractivity contribution in [1.29, 1.82) is 0 Å². The highest BCUT2D eigenvalue weighted by Crippen LogP contribution is 2.42. The normalized spacial score (nSPS) is 18.0. The van der Waals surface area contributed by atoms with Crippen LogP contribution in [0.5, 0.6) is 5.75 Å². The lowest BCUT2D eigenvalue weighted by molar-refractivity contribution is -0.113. The summed E-state index contributed by atoms with van der Waals surface area (Å²) in [5.74, 6) is 0.193. The molecule has 2 aromatic rings. The Labute approximate surface area is 164 Å². The molecule has 0 amide bonds. The van der Waals surface area contributed by atoms with E-state index in [2.05, 4.69) is 0 Å². The molecule has 0 saturated carbocycles. The molecule has 2 aromatic carbocycles. The van der Waals surface area contributed by atoms with Crippen LogP contribution in [-0.2, 0) is 14.6 Å². The number of rotatable bonds is 3. The third-order valence-corrected chi connectivity index (χ3v) is 7.68. The van der Waals surface area contributed by atoms with Gasteiger partial charge in [-0.15, -0.1) is 0 Å². The number of hydrogen-bond donors (Lipinski definition) is 0. The molecule has 0 N–H and O–H groups in total. The van der Waals surface area contributed by atoms with Crippen molar-refractivity contribution in [2.45, 2.75) is 31.0 Å². The highest BCUT2D eigenvalue weighted by molar-refractivity contribution is 7.93. The van der Waals surface area contributed by atoms with E-state index < -0.39 is 21.0 Å². The second-order valence-electron chi connectivity index (χ2n) is 7.10. The number of carbonyl (C=O) groups excluding carboxylic acids is 1. The van der Waals surface area contributed by atoms with E-state index in [0.717, 1.165) is 16.7 Å². The molecule has 1 unspecified atom stereocenters. The summed E-state index contributed by atoms with van der Waals surface area (Å²) in [5.41, 5.74) is 4.59. The summed E-state index contributed by atoms with van der Waals surface area (Å²) in [4.78, 5) is 14.6. The first-order valence-corrected chi connectivity index (χ1v) is 10.5. The Hall–Kier alpha value is -2.86. The molecule has 144 valence electrons. The highest BCUT2D eigenvalue weighted by Gasteiger charge is 2.45. The van der Waals surface area contributed by atoms with Crippen LogP contribution in [0.1, 0.15) is 22.3 Å². The van der Waals surface area contributed by atoms with Crippen LogP contribution in [0.4, 0.5) is 5.69 Å². The van der Waals surface area contributed by atoms with Gasteiger partial charge in [-0.3, -0.25) is 4.79 Å². The zero-order chi connectivity index (χ0) is 20.2. The van der Waals surface area contributed by atoms with Gasteiger partial charge in [-0.1, -0.05) is 12.1 Å². The molecule has 2 aliphatic rings. The van der Waals surface area contributed by atoms with Gasteiger partial charge in [0, 0.05) is 17.3 Å². The molecule has 0 bridgehead atoms.